The Balaban J connectivity index is 1.84. The zero-order valence-electron chi connectivity index (χ0n) is 15.9. The molecule has 0 bridgehead atoms. The maximum Gasteiger partial charge on any atom is 0.261 e. The molecular formula is C21H22ClN3O3. The van der Waals surface area contributed by atoms with Gasteiger partial charge in [0.1, 0.15) is 23.4 Å². The molecule has 0 aliphatic rings. The monoisotopic (exact) mass is 399 g/mol. The maximum absolute atomic E-state index is 12.9. The van der Waals surface area contributed by atoms with Crippen LogP contribution in [-0.4, -0.2) is 28.7 Å². The fourth-order valence-electron chi connectivity index (χ4n) is 2.87. The van der Waals surface area contributed by atoms with Gasteiger partial charge in [-0.2, -0.15) is 0 Å². The van der Waals surface area contributed by atoms with Gasteiger partial charge >= 0.3 is 0 Å². The Morgan fingerprint density at radius 3 is 2.54 bits per heavy atom. The van der Waals surface area contributed by atoms with Crippen molar-refractivity contribution in [3.05, 3.63) is 77.3 Å². The van der Waals surface area contributed by atoms with Crippen LogP contribution in [0.1, 0.15) is 24.4 Å². The van der Waals surface area contributed by atoms with Crippen molar-refractivity contribution in [3.63, 3.8) is 0 Å². The van der Waals surface area contributed by atoms with Crippen molar-refractivity contribution < 1.29 is 14.3 Å². The van der Waals surface area contributed by atoms with E-state index in [1.165, 1.54) is 0 Å². The summed E-state index contributed by atoms with van der Waals surface area (Å²) in [6.07, 6.45) is 2.81. The number of ether oxygens (including phenoxy) is 2. The number of aryl methyl sites for hydroxylation is 1. The van der Waals surface area contributed by atoms with Crippen LogP contribution in [0.2, 0.25) is 5.02 Å². The van der Waals surface area contributed by atoms with Crippen LogP contribution in [0.4, 0.5) is 0 Å². The highest BCUT2D eigenvalue weighted by atomic mass is 35.5. The molecule has 28 heavy (non-hydrogen) atoms. The lowest BCUT2D eigenvalue weighted by Gasteiger charge is -2.23. The molecule has 0 saturated carbocycles. The number of para-hydroxylation sites is 1. The topological polar surface area (TPSA) is 65.4 Å². The van der Waals surface area contributed by atoms with Crippen LogP contribution in [0.25, 0.3) is 0 Å². The van der Waals surface area contributed by atoms with Gasteiger partial charge in [-0.1, -0.05) is 29.8 Å². The first-order valence-corrected chi connectivity index (χ1v) is 9.20. The van der Waals surface area contributed by atoms with E-state index in [4.69, 9.17) is 21.1 Å². The molecule has 1 amide bonds. The number of carbonyl (C=O) groups is 1. The lowest BCUT2D eigenvalue weighted by molar-refractivity contribution is -0.127. The Morgan fingerprint density at radius 2 is 1.89 bits per heavy atom. The number of nitrogens with zero attached hydrogens (tertiary/aromatic N) is 2. The lowest BCUT2D eigenvalue weighted by atomic mass is 10.0. The van der Waals surface area contributed by atoms with Crippen molar-refractivity contribution in [3.8, 4) is 11.5 Å². The van der Waals surface area contributed by atoms with Gasteiger partial charge in [0.15, 0.2) is 6.10 Å². The van der Waals surface area contributed by atoms with E-state index in [0.717, 1.165) is 5.56 Å². The summed E-state index contributed by atoms with van der Waals surface area (Å²) in [5, 5.41) is 3.64. The van der Waals surface area contributed by atoms with Crippen LogP contribution in [0, 0.1) is 0 Å². The van der Waals surface area contributed by atoms with Crippen LogP contribution >= 0.6 is 11.6 Å². The minimum absolute atomic E-state index is 0.270. The molecule has 6 nitrogen and oxygen atoms in total. The molecule has 1 heterocycles. The third kappa shape index (κ3) is 4.46. The summed E-state index contributed by atoms with van der Waals surface area (Å²) in [5.74, 6) is 1.66. The maximum atomic E-state index is 12.9. The molecule has 0 spiro atoms. The molecular weight excluding hydrogens is 378 g/mol. The molecule has 0 aliphatic carbocycles. The third-order valence-corrected chi connectivity index (χ3v) is 4.60. The van der Waals surface area contributed by atoms with Gasteiger partial charge in [0.2, 0.25) is 0 Å². The zero-order chi connectivity index (χ0) is 20.1. The number of hydrogen-bond donors (Lipinski definition) is 1. The largest absolute Gasteiger partial charge is 0.496 e. The van der Waals surface area contributed by atoms with Gasteiger partial charge < -0.3 is 19.4 Å². The Hall–Kier alpha value is -2.99. The number of methoxy groups -OCH3 is 1. The number of rotatable bonds is 7. The van der Waals surface area contributed by atoms with Gasteiger partial charge in [-0.05, 0) is 37.3 Å². The first-order chi connectivity index (χ1) is 13.5. The molecule has 0 aliphatic heterocycles. The van der Waals surface area contributed by atoms with Gasteiger partial charge in [-0.3, -0.25) is 4.79 Å². The van der Waals surface area contributed by atoms with E-state index in [1.54, 1.807) is 44.5 Å². The van der Waals surface area contributed by atoms with Crippen molar-refractivity contribution in [2.24, 2.45) is 7.05 Å². The molecule has 7 heteroatoms. The fraction of sp³-hybridized carbons (Fsp3) is 0.238. The van der Waals surface area contributed by atoms with E-state index in [2.05, 4.69) is 10.3 Å². The Kier molecular flexibility index (Phi) is 6.21. The predicted molar refractivity (Wildman–Crippen MR) is 108 cm³/mol. The van der Waals surface area contributed by atoms with Crippen LogP contribution < -0.4 is 14.8 Å². The second-order valence-electron chi connectivity index (χ2n) is 6.29. The summed E-state index contributed by atoms with van der Waals surface area (Å²) in [7, 11) is 3.48. The van der Waals surface area contributed by atoms with Gasteiger partial charge in [0.05, 0.1) is 7.11 Å². The third-order valence-electron chi connectivity index (χ3n) is 4.35. The lowest BCUT2D eigenvalue weighted by Crippen LogP contribution is -2.40. The summed E-state index contributed by atoms with van der Waals surface area (Å²) in [4.78, 5) is 17.3. The highest BCUT2D eigenvalue weighted by molar-refractivity contribution is 6.30. The summed E-state index contributed by atoms with van der Waals surface area (Å²) < 4.78 is 13.1. The van der Waals surface area contributed by atoms with E-state index in [1.807, 2.05) is 42.1 Å². The van der Waals surface area contributed by atoms with Gasteiger partial charge in [0, 0.05) is 30.0 Å². The number of halogens is 1. The van der Waals surface area contributed by atoms with E-state index < -0.39 is 12.1 Å². The molecule has 3 rings (SSSR count). The molecule has 0 fully saturated rings. The normalized spacial score (nSPS) is 12.9. The first-order valence-electron chi connectivity index (χ1n) is 8.82. The minimum atomic E-state index is -0.710. The van der Waals surface area contributed by atoms with E-state index in [0.29, 0.717) is 22.3 Å². The van der Waals surface area contributed by atoms with E-state index >= 15 is 0 Å². The van der Waals surface area contributed by atoms with Crippen molar-refractivity contribution in [1.82, 2.24) is 14.9 Å². The fourth-order valence-corrected chi connectivity index (χ4v) is 3.00. The Morgan fingerprint density at radius 1 is 1.18 bits per heavy atom. The quantitative estimate of drug-likeness (QED) is 0.657. The van der Waals surface area contributed by atoms with Crippen molar-refractivity contribution >= 4 is 17.5 Å². The molecule has 146 valence electrons. The SMILES string of the molecule is COc1ccccc1C(NC(=O)C(C)Oc1ccc(Cl)cc1)c1nccn1C. The summed E-state index contributed by atoms with van der Waals surface area (Å²) in [6.45, 7) is 1.70. The van der Waals surface area contributed by atoms with E-state index in [-0.39, 0.29) is 5.91 Å². The van der Waals surface area contributed by atoms with Crippen molar-refractivity contribution in [1.29, 1.82) is 0 Å². The number of benzene rings is 2. The molecule has 3 aromatic rings. The van der Waals surface area contributed by atoms with Crippen LogP contribution in [0.5, 0.6) is 11.5 Å². The molecule has 2 atom stereocenters. The van der Waals surface area contributed by atoms with Gasteiger partial charge in [-0.15, -0.1) is 0 Å². The number of nitrogens with one attached hydrogen (secondary N) is 1. The van der Waals surface area contributed by atoms with Crippen molar-refractivity contribution in [2.45, 2.75) is 19.1 Å². The highest BCUT2D eigenvalue weighted by Crippen LogP contribution is 2.29. The highest BCUT2D eigenvalue weighted by Gasteiger charge is 2.26. The summed E-state index contributed by atoms with van der Waals surface area (Å²) in [6, 6.07) is 13.9. The number of carbonyl (C=O) groups excluding carboxylic acids is 1. The van der Waals surface area contributed by atoms with E-state index in [9.17, 15) is 4.79 Å². The second kappa shape index (κ2) is 8.80. The number of aromatic nitrogens is 2. The Bertz CT molecular complexity index is 940. The molecule has 0 radical (unpaired) electrons. The van der Waals surface area contributed by atoms with Crippen LogP contribution in [0.3, 0.4) is 0 Å². The zero-order valence-corrected chi connectivity index (χ0v) is 16.7. The smallest absolute Gasteiger partial charge is 0.261 e. The average Bonchev–Trinajstić information content (AvgIpc) is 3.13. The number of imidazole rings is 1. The summed E-state index contributed by atoms with van der Waals surface area (Å²) in [5.41, 5.74) is 0.811. The average molecular weight is 400 g/mol. The van der Waals surface area contributed by atoms with Crippen LogP contribution in [0.15, 0.2) is 60.9 Å². The molecule has 2 unspecified atom stereocenters. The number of hydrogen-bond acceptors (Lipinski definition) is 4. The molecule has 1 N–H and O–H groups in total. The molecule has 1 aromatic heterocycles. The second-order valence-corrected chi connectivity index (χ2v) is 6.73. The van der Waals surface area contributed by atoms with Gasteiger partial charge in [-0.25, -0.2) is 4.98 Å². The molecule has 2 aromatic carbocycles. The van der Waals surface area contributed by atoms with Crippen molar-refractivity contribution in [2.75, 3.05) is 7.11 Å². The first kappa shape index (κ1) is 19.8. The van der Waals surface area contributed by atoms with Crippen LogP contribution in [-0.2, 0) is 11.8 Å². The standard InChI is InChI=1S/C21H22ClN3O3/c1-14(28-16-10-8-15(22)9-11-16)21(26)24-19(20-23-12-13-25(20)2)17-6-4-5-7-18(17)27-3/h4-14,19H,1-3H3,(H,24,26). The number of amides is 1. The Labute approximate surface area is 169 Å². The summed E-state index contributed by atoms with van der Waals surface area (Å²) >= 11 is 5.89. The minimum Gasteiger partial charge on any atom is -0.496 e. The van der Waals surface area contributed by atoms with Gasteiger partial charge in [0.25, 0.3) is 5.91 Å². The molecule has 0 saturated heterocycles. The predicted octanol–water partition coefficient (Wildman–Crippen LogP) is 3.76.